The van der Waals surface area contributed by atoms with E-state index in [0.717, 1.165) is 5.75 Å². The highest BCUT2D eigenvalue weighted by molar-refractivity contribution is 7.80. The van der Waals surface area contributed by atoms with Crippen molar-refractivity contribution < 1.29 is 14.9 Å². The number of methoxy groups -OCH3 is 1. The van der Waals surface area contributed by atoms with Crippen molar-refractivity contribution in [2.75, 3.05) is 7.11 Å². The SMILES string of the molecule is CCC.COc1ccccc1.NNC(O)=S.NNC(O)=S. The third-order valence-corrected chi connectivity index (χ3v) is 1.46. The van der Waals surface area contributed by atoms with Crippen LogP contribution in [0.4, 0.5) is 0 Å². The van der Waals surface area contributed by atoms with Gasteiger partial charge in [-0.3, -0.25) is 10.9 Å². The number of hydrogen-bond acceptors (Lipinski definition) is 5. The molecule has 21 heavy (non-hydrogen) atoms. The summed E-state index contributed by atoms with van der Waals surface area (Å²) >= 11 is 8.03. The molecule has 8 N–H and O–H groups in total. The van der Waals surface area contributed by atoms with Crippen LogP contribution in [0.5, 0.6) is 5.75 Å². The number of hydrazine groups is 2. The lowest BCUT2D eigenvalue weighted by Crippen LogP contribution is -2.27. The molecular weight excluding hydrogens is 312 g/mol. The maximum absolute atomic E-state index is 7.86. The van der Waals surface area contributed by atoms with Gasteiger partial charge in [0, 0.05) is 0 Å². The number of aliphatic hydroxyl groups excluding tert-OH is 2. The second-order valence-electron chi connectivity index (χ2n) is 3.12. The van der Waals surface area contributed by atoms with Crippen LogP contribution in [0.1, 0.15) is 20.3 Å². The van der Waals surface area contributed by atoms with Gasteiger partial charge in [-0.05, 0) is 36.6 Å². The maximum Gasteiger partial charge on any atom is 0.268 e. The number of para-hydroxylation sites is 1. The summed E-state index contributed by atoms with van der Waals surface area (Å²) in [7, 11) is 1.66. The molecule has 0 unspecified atom stereocenters. The number of ether oxygens (including phenoxy) is 1. The van der Waals surface area contributed by atoms with E-state index in [2.05, 4.69) is 50.0 Å². The van der Waals surface area contributed by atoms with Gasteiger partial charge in [0.25, 0.3) is 10.3 Å². The summed E-state index contributed by atoms with van der Waals surface area (Å²) < 4.78 is 4.91. The summed E-state index contributed by atoms with van der Waals surface area (Å²) in [5, 5.41) is 14.9. The minimum atomic E-state index is -0.384. The molecule has 9 heteroatoms. The molecule has 1 aromatic rings. The van der Waals surface area contributed by atoms with Crippen LogP contribution in [-0.4, -0.2) is 27.7 Å². The van der Waals surface area contributed by atoms with E-state index in [-0.39, 0.29) is 10.3 Å². The van der Waals surface area contributed by atoms with Crippen molar-refractivity contribution in [1.82, 2.24) is 10.9 Å². The molecule has 0 bridgehead atoms. The second kappa shape index (κ2) is 20.6. The van der Waals surface area contributed by atoms with E-state index in [0.29, 0.717) is 0 Å². The normalized spacial score (nSPS) is 7.29. The van der Waals surface area contributed by atoms with Crippen LogP contribution in [0.15, 0.2) is 30.3 Å². The molecule has 0 aliphatic carbocycles. The number of aliphatic hydroxyl groups is 2. The Hall–Kier alpha value is -1.68. The van der Waals surface area contributed by atoms with Crippen LogP contribution in [0.25, 0.3) is 0 Å². The maximum atomic E-state index is 7.86. The number of nitrogens with two attached hydrogens (primary N) is 2. The molecule has 0 radical (unpaired) electrons. The lowest BCUT2D eigenvalue weighted by Gasteiger charge is -1.93. The van der Waals surface area contributed by atoms with Crippen LogP contribution < -0.4 is 27.3 Å². The average molecular weight is 336 g/mol. The van der Waals surface area contributed by atoms with Crippen molar-refractivity contribution in [2.45, 2.75) is 20.3 Å². The Morgan fingerprint density at radius 3 is 1.48 bits per heavy atom. The molecule has 0 saturated heterocycles. The van der Waals surface area contributed by atoms with Crippen LogP contribution in [0, 0.1) is 0 Å². The Morgan fingerprint density at radius 1 is 1.05 bits per heavy atom. The molecular formula is C12H24N4O3S2. The summed E-state index contributed by atoms with van der Waals surface area (Å²) in [6.07, 6.45) is 1.25. The molecule has 0 aliphatic heterocycles. The van der Waals surface area contributed by atoms with Gasteiger partial charge in [0.2, 0.25) is 0 Å². The van der Waals surface area contributed by atoms with Crippen molar-refractivity contribution in [1.29, 1.82) is 0 Å². The highest BCUT2D eigenvalue weighted by Crippen LogP contribution is 2.05. The largest absolute Gasteiger partial charge is 0.497 e. The second-order valence-corrected chi connectivity index (χ2v) is 3.90. The minimum Gasteiger partial charge on any atom is -0.497 e. The molecule has 0 heterocycles. The molecule has 0 aromatic heterocycles. The first-order valence-electron chi connectivity index (χ1n) is 5.87. The standard InChI is InChI=1S/C7H8O.C3H8.2CH4N2OS/c1-8-7-5-3-2-4-6-7;1-3-2;2*2-3-1(4)5/h2-6H,1H3;3H2,1-2H3;2*2H2,(H2,3,4,5). The van der Waals surface area contributed by atoms with Crippen molar-refractivity contribution in [3.63, 3.8) is 0 Å². The molecule has 0 fully saturated rings. The van der Waals surface area contributed by atoms with Gasteiger partial charge in [0.1, 0.15) is 5.75 Å². The molecule has 7 nitrogen and oxygen atoms in total. The Balaban J connectivity index is -0.000000221. The van der Waals surface area contributed by atoms with E-state index in [1.807, 2.05) is 41.2 Å². The third-order valence-electron chi connectivity index (χ3n) is 1.23. The van der Waals surface area contributed by atoms with Crippen LogP contribution >= 0.6 is 24.4 Å². The summed E-state index contributed by atoms with van der Waals surface area (Å²) in [6.45, 7) is 4.25. The van der Waals surface area contributed by atoms with Crippen LogP contribution in [-0.2, 0) is 0 Å². The fraction of sp³-hybridized carbons (Fsp3) is 0.333. The van der Waals surface area contributed by atoms with Gasteiger partial charge < -0.3 is 14.9 Å². The van der Waals surface area contributed by atoms with Gasteiger partial charge in [-0.25, -0.2) is 11.7 Å². The van der Waals surface area contributed by atoms with E-state index in [9.17, 15) is 0 Å². The first-order valence-corrected chi connectivity index (χ1v) is 6.69. The molecule has 1 rings (SSSR count). The number of rotatable bonds is 1. The van der Waals surface area contributed by atoms with Gasteiger partial charge in [0.05, 0.1) is 7.11 Å². The van der Waals surface area contributed by atoms with Crippen molar-refractivity contribution in [2.24, 2.45) is 11.7 Å². The Bertz CT molecular complexity index is 340. The molecule has 0 saturated carbocycles. The zero-order chi connectivity index (χ0) is 17.1. The van der Waals surface area contributed by atoms with E-state index in [1.165, 1.54) is 6.42 Å². The number of thiocarbonyl (C=S) groups is 2. The zero-order valence-electron chi connectivity index (χ0n) is 12.4. The quantitative estimate of drug-likeness (QED) is 0.258. The summed E-state index contributed by atoms with van der Waals surface area (Å²) in [6, 6.07) is 9.68. The Morgan fingerprint density at radius 2 is 1.33 bits per heavy atom. The predicted octanol–water partition coefficient (Wildman–Crippen LogP) is 1.70. The van der Waals surface area contributed by atoms with Gasteiger partial charge >= 0.3 is 0 Å². The van der Waals surface area contributed by atoms with Gasteiger partial charge in [-0.2, -0.15) is 0 Å². The Labute approximate surface area is 136 Å². The van der Waals surface area contributed by atoms with E-state index < -0.39 is 0 Å². The highest BCUT2D eigenvalue weighted by atomic mass is 32.1. The fourth-order valence-corrected chi connectivity index (χ4v) is 0.557. The van der Waals surface area contributed by atoms with E-state index in [1.54, 1.807) is 7.11 Å². The van der Waals surface area contributed by atoms with Crippen molar-refractivity contribution in [3.8, 4) is 5.75 Å². The van der Waals surface area contributed by atoms with Gasteiger partial charge in [-0.1, -0.05) is 38.5 Å². The molecule has 0 aliphatic rings. The number of benzene rings is 1. The minimum absolute atomic E-state index is 0.384. The smallest absolute Gasteiger partial charge is 0.268 e. The van der Waals surface area contributed by atoms with Gasteiger partial charge in [0.15, 0.2) is 0 Å². The number of nitrogens with one attached hydrogen (secondary N) is 2. The monoisotopic (exact) mass is 336 g/mol. The third kappa shape index (κ3) is 32.1. The van der Waals surface area contributed by atoms with Crippen LogP contribution in [0.2, 0.25) is 0 Å². The lowest BCUT2D eigenvalue weighted by atomic mass is 10.3. The first-order chi connectivity index (χ1) is 9.89. The predicted molar refractivity (Wildman–Crippen MR) is 94.1 cm³/mol. The fourth-order valence-electron chi connectivity index (χ4n) is 0.557. The number of hydrogen-bond donors (Lipinski definition) is 6. The lowest BCUT2D eigenvalue weighted by molar-refractivity contribution is 0.415. The molecule has 122 valence electrons. The van der Waals surface area contributed by atoms with E-state index in [4.69, 9.17) is 14.9 Å². The van der Waals surface area contributed by atoms with E-state index >= 15 is 0 Å². The summed E-state index contributed by atoms with van der Waals surface area (Å²) in [5.74, 6) is 9.97. The molecule has 0 spiro atoms. The average Bonchev–Trinajstić information content (AvgIpc) is 2.50. The highest BCUT2D eigenvalue weighted by Gasteiger charge is 1.80. The zero-order valence-corrected chi connectivity index (χ0v) is 14.0. The first kappa shape index (κ1) is 24.3. The summed E-state index contributed by atoms with van der Waals surface area (Å²) in [4.78, 5) is 0. The van der Waals surface area contributed by atoms with Crippen LogP contribution in [0.3, 0.4) is 0 Å². The molecule has 0 atom stereocenters. The molecule has 0 amide bonds. The van der Waals surface area contributed by atoms with Gasteiger partial charge in [-0.15, -0.1) is 0 Å². The van der Waals surface area contributed by atoms with Crippen molar-refractivity contribution >= 4 is 34.8 Å². The molecule has 1 aromatic carbocycles. The Kier molecular flexibility index (Phi) is 23.9. The van der Waals surface area contributed by atoms with Crippen molar-refractivity contribution in [3.05, 3.63) is 30.3 Å². The summed E-state index contributed by atoms with van der Waals surface area (Å²) in [5.41, 5.74) is 3.63. The topological polar surface area (TPSA) is 126 Å².